The average Bonchev–Trinajstić information content (AvgIpc) is 3.48. The SMILES string of the molecule is O=C(c1ccn(C(F)F)n1)N1C[C@@H]2C[C@H](C1)c1ccc(CN3CCCC3)c(=O)n1C2.O=CO. The van der Waals surface area contributed by atoms with E-state index in [1.165, 1.54) is 18.9 Å². The molecule has 33 heavy (non-hydrogen) atoms. The Balaban J connectivity index is 0.000000821. The maximum absolute atomic E-state index is 13.1. The van der Waals surface area contributed by atoms with Crippen LogP contribution in [-0.4, -0.2) is 67.8 Å². The number of carbonyl (C=O) groups is 2. The molecule has 0 unspecified atom stereocenters. The van der Waals surface area contributed by atoms with Gasteiger partial charge in [0.2, 0.25) is 0 Å². The van der Waals surface area contributed by atoms with E-state index < -0.39 is 6.55 Å². The third kappa shape index (κ3) is 4.82. The lowest BCUT2D eigenvalue weighted by Gasteiger charge is -2.42. The molecule has 0 spiro atoms. The van der Waals surface area contributed by atoms with Crippen LogP contribution in [0.4, 0.5) is 8.78 Å². The number of carboxylic acid groups (broad SMARTS) is 1. The third-order valence-electron chi connectivity index (χ3n) is 6.59. The van der Waals surface area contributed by atoms with Gasteiger partial charge in [-0.05, 0) is 50.4 Å². The first-order valence-corrected chi connectivity index (χ1v) is 11.1. The van der Waals surface area contributed by atoms with Gasteiger partial charge in [-0.15, -0.1) is 0 Å². The zero-order valence-corrected chi connectivity index (χ0v) is 18.1. The fourth-order valence-corrected chi connectivity index (χ4v) is 5.18. The number of amides is 1. The van der Waals surface area contributed by atoms with Gasteiger partial charge < -0.3 is 14.6 Å². The van der Waals surface area contributed by atoms with Crippen LogP contribution in [0, 0.1) is 5.92 Å². The molecular formula is C22H27F2N5O4. The van der Waals surface area contributed by atoms with E-state index in [1.54, 1.807) is 4.90 Å². The van der Waals surface area contributed by atoms with Crippen molar-refractivity contribution in [3.05, 3.63) is 51.7 Å². The van der Waals surface area contributed by atoms with Crippen LogP contribution in [0.2, 0.25) is 0 Å². The number of nitrogens with zero attached hydrogens (tertiary/aromatic N) is 5. The summed E-state index contributed by atoms with van der Waals surface area (Å²) in [5.74, 6) is -0.0742. The van der Waals surface area contributed by atoms with Crippen LogP contribution in [0.25, 0.3) is 0 Å². The highest BCUT2D eigenvalue weighted by Gasteiger charge is 2.37. The lowest BCUT2D eigenvalue weighted by Crippen LogP contribution is -2.49. The van der Waals surface area contributed by atoms with Crippen molar-refractivity contribution in [2.24, 2.45) is 5.92 Å². The number of aromatic nitrogens is 3. The number of carbonyl (C=O) groups excluding carboxylic acids is 1. The van der Waals surface area contributed by atoms with E-state index in [9.17, 15) is 18.4 Å². The van der Waals surface area contributed by atoms with Gasteiger partial charge in [0.15, 0.2) is 5.69 Å². The molecule has 2 aromatic heterocycles. The molecule has 0 aliphatic carbocycles. The highest BCUT2D eigenvalue weighted by Crippen LogP contribution is 2.35. The Morgan fingerprint density at radius 2 is 1.91 bits per heavy atom. The van der Waals surface area contributed by atoms with E-state index in [0.29, 0.717) is 30.9 Å². The number of fused-ring (bicyclic) bond motifs is 4. The summed E-state index contributed by atoms with van der Waals surface area (Å²) in [5.41, 5.74) is 1.93. The molecule has 5 heterocycles. The number of pyridine rings is 1. The number of hydrogen-bond acceptors (Lipinski definition) is 5. The molecule has 5 rings (SSSR count). The first kappa shape index (κ1) is 23.1. The Hall–Kier alpha value is -3.08. The van der Waals surface area contributed by atoms with Gasteiger partial charge in [0, 0.05) is 49.6 Å². The van der Waals surface area contributed by atoms with Gasteiger partial charge in [-0.2, -0.15) is 13.9 Å². The Kier molecular flexibility index (Phi) is 6.87. The van der Waals surface area contributed by atoms with Crippen LogP contribution in [0.15, 0.2) is 29.2 Å². The monoisotopic (exact) mass is 463 g/mol. The van der Waals surface area contributed by atoms with Gasteiger partial charge in [-0.3, -0.25) is 19.3 Å². The van der Waals surface area contributed by atoms with Crippen molar-refractivity contribution in [3.8, 4) is 0 Å². The van der Waals surface area contributed by atoms with Crippen molar-refractivity contribution in [1.82, 2.24) is 24.1 Å². The van der Waals surface area contributed by atoms with E-state index in [1.807, 2.05) is 16.7 Å². The molecule has 2 saturated heterocycles. The minimum atomic E-state index is -2.76. The molecule has 11 heteroatoms. The van der Waals surface area contributed by atoms with E-state index in [-0.39, 0.29) is 35.5 Å². The largest absolute Gasteiger partial charge is 0.483 e. The summed E-state index contributed by atoms with van der Waals surface area (Å²) >= 11 is 0. The van der Waals surface area contributed by atoms with Gasteiger partial charge in [-0.1, -0.05) is 6.07 Å². The molecule has 1 N–H and O–H groups in total. The van der Waals surface area contributed by atoms with Gasteiger partial charge in [0.25, 0.3) is 17.9 Å². The lowest BCUT2D eigenvalue weighted by atomic mass is 9.83. The first-order valence-electron chi connectivity index (χ1n) is 11.1. The van der Waals surface area contributed by atoms with Crippen LogP contribution in [0.3, 0.4) is 0 Å². The normalized spacial score (nSPS) is 22.0. The number of alkyl halides is 2. The van der Waals surface area contributed by atoms with E-state index >= 15 is 0 Å². The molecule has 2 aromatic rings. The van der Waals surface area contributed by atoms with Crippen LogP contribution in [0.5, 0.6) is 0 Å². The van der Waals surface area contributed by atoms with Gasteiger partial charge in [-0.25, -0.2) is 4.68 Å². The molecule has 0 saturated carbocycles. The highest BCUT2D eigenvalue weighted by molar-refractivity contribution is 5.92. The van der Waals surface area contributed by atoms with Crippen molar-refractivity contribution in [1.29, 1.82) is 0 Å². The molecule has 0 aromatic carbocycles. The lowest BCUT2D eigenvalue weighted by molar-refractivity contribution is -0.122. The van der Waals surface area contributed by atoms with E-state index in [4.69, 9.17) is 9.90 Å². The zero-order valence-electron chi connectivity index (χ0n) is 18.1. The van der Waals surface area contributed by atoms with E-state index in [2.05, 4.69) is 10.00 Å². The summed E-state index contributed by atoms with van der Waals surface area (Å²) in [6.07, 6.45) is 4.44. The number of likely N-dealkylation sites (tertiary alicyclic amines) is 2. The summed E-state index contributed by atoms with van der Waals surface area (Å²) in [7, 11) is 0. The summed E-state index contributed by atoms with van der Waals surface area (Å²) < 4.78 is 28.0. The van der Waals surface area contributed by atoms with Gasteiger partial charge >= 0.3 is 6.55 Å². The van der Waals surface area contributed by atoms with Gasteiger partial charge in [0.05, 0.1) is 0 Å². The smallest absolute Gasteiger partial charge is 0.333 e. The molecule has 2 bridgehead atoms. The standard InChI is InChI=1S/C21H25F2N5O2.CH2O2/c22-21(23)28-8-5-17(24-28)20(30)26-10-14-9-16(13-26)18-4-3-15(19(29)27(18)11-14)12-25-6-1-2-7-25;2-1-3/h3-5,8,14,16,21H,1-2,6-7,9-13H2;1H,(H,2,3)/t14-,16+;/m0./s1. The van der Waals surface area contributed by atoms with Crippen molar-refractivity contribution >= 4 is 12.4 Å². The van der Waals surface area contributed by atoms with Gasteiger partial charge in [0.1, 0.15) is 0 Å². The minimum absolute atomic E-state index is 0.0358. The predicted octanol–water partition coefficient (Wildman–Crippen LogP) is 2.00. The molecule has 1 amide bonds. The van der Waals surface area contributed by atoms with E-state index in [0.717, 1.165) is 37.0 Å². The zero-order chi connectivity index (χ0) is 23.5. The van der Waals surface area contributed by atoms with Crippen molar-refractivity contribution in [2.45, 2.75) is 44.8 Å². The molecule has 9 nitrogen and oxygen atoms in total. The molecule has 2 atom stereocenters. The molecule has 3 aliphatic rings. The fourth-order valence-electron chi connectivity index (χ4n) is 5.18. The number of piperidine rings is 1. The summed E-state index contributed by atoms with van der Waals surface area (Å²) in [5, 5.41) is 10.6. The fraction of sp³-hybridized carbons (Fsp3) is 0.545. The topological polar surface area (TPSA) is 101 Å². The Labute approximate surface area is 189 Å². The van der Waals surface area contributed by atoms with Crippen molar-refractivity contribution < 1.29 is 23.5 Å². The van der Waals surface area contributed by atoms with Crippen molar-refractivity contribution in [2.75, 3.05) is 26.2 Å². The average molecular weight is 463 g/mol. The van der Waals surface area contributed by atoms with Crippen LogP contribution < -0.4 is 5.56 Å². The molecule has 2 fully saturated rings. The minimum Gasteiger partial charge on any atom is -0.483 e. The van der Waals surface area contributed by atoms with Crippen LogP contribution in [0.1, 0.15) is 53.5 Å². The third-order valence-corrected chi connectivity index (χ3v) is 6.59. The summed E-state index contributed by atoms with van der Waals surface area (Å²) in [6.45, 7) is 1.36. The van der Waals surface area contributed by atoms with Crippen LogP contribution >= 0.6 is 0 Å². The number of hydrogen-bond donors (Lipinski definition) is 1. The Bertz CT molecular complexity index is 1060. The molecular weight excluding hydrogens is 436 g/mol. The quantitative estimate of drug-likeness (QED) is 0.697. The molecule has 3 aliphatic heterocycles. The highest BCUT2D eigenvalue weighted by atomic mass is 19.3. The second-order valence-corrected chi connectivity index (χ2v) is 8.76. The summed E-state index contributed by atoms with van der Waals surface area (Å²) in [4.78, 5) is 38.3. The predicted molar refractivity (Wildman–Crippen MR) is 114 cm³/mol. The second kappa shape index (κ2) is 9.82. The Morgan fingerprint density at radius 1 is 1.18 bits per heavy atom. The maximum Gasteiger partial charge on any atom is 0.333 e. The molecule has 178 valence electrons. The van der Waals surface area contributed by atoms with Crippen molar-refractivity contribution in [3.63, 3.8) is 0 Å². The maximum atomic E-state index is 13.1. The Morgan fingerprint density at radius 3 is 2.58 bits per heavy atom. The number of halogens is 2. The summed E-state index contributed by atoms with van der Waals surface area (Å²) in [6, 6.07) is 5.31. The van der Waals surface area contributed by atoms with Crippen LogP contribution in [-0.2, 0) is 17.9 Å². The number of rotatable bonds is 4. The molecule has 0 radical (unpaired) electrons. The second-order valence-electron chi connectivity index (χ2n) is 8.76. The first-order chi connectivity index (χ1) is 15.9.